The molecule has 1 amide bonds. The zero-order valence-corrected chi connectivity index (χ0v) is 20.5. The average molecular weight is 496 g/mol. The van der Waals surface area contributed by atoms with Crippen LogP contribution in [0, 0.1) is 0 Å². The smallest absolute Gasteiger partial charge is 0.223 e. The van der Waals surface area contributed by atoms with E-state index in [4.69, 9.17) is 5.73 Å². The van der Waals surface area contributed by atoms with E-state index in [-0.39, 0.29) is 24.3 Å². The first-order chi connectivity index (χ1) is 16.7. The number of nitrogens with two attached hydrogens (primary N) is 1. The third kappa shape index (κ3) is 5.59. The largest absolute Gasteiger partial charge is 0.374 e. The normalized spacial score (nSPS) is 22.1. The molecule has 0 bridgehead atoms. The molecule has 8 nitrogen and oxygen atoms in total. The van der Waals surface area contributed by atoms with Gasteiger partial charge in [0.25, 0.3) is 0 Å². The van der Waals surface area contributed by atoms with Crippen LogP contribution >= 0.6 is 23.1 Å². The second-order valence-corrected chi connectivity index (χ2v) is 10.8. The van der Waals surface area contributed by atoms with Gasteiger partial charge in [-0.1, -0.05) is 83.8 Å². The average Bonchev–Trinajstić information content (AvgIpc) is 3.29. The quantitative estimate of drug-likeness (QED) is 0.430. The molecular formula is C24H29N7OS2. The number of hydrogen-bond acceptors (Lipinski definition) is 9. The SMILES string of the molecule is Nc1nnc(SCC2CC(=O)NC(N3CCN(C(c4ccccc4)c4ccccc4)CC3)N2)s1. The molecule has 4 N–H and O–H groups in total. The van der Waals surface area contributed by atoms with E-state index >= 15 is 0 Å². The molecule has 34 heavy (non-hydrogen) atoms. The first-order valence-corrected chi connectivity index (χ1v) is 13.3. The number of hydrogen-bond donors (Lipinski definition) is 3. The van der Waals surface area contributed by atoms with Crippen LogP contribution in [0.2, 0.25) is 0 Å². The number of rotatable bonds is 7. The lowest BCUT2D eigenvalue weighted by Gasteiger charge is -2.45. The zero-order chi connectivity index (χ0) is 23.3. The summed E-state index contributed by atoms with van der Waals surface area (Å²) in [7, 11) is 0. The number of nitrogens with zero attached hydrogens (tertiary/aromatic N) is 4. The van der Waals surface area contributed by atoms with Crippen LogP contribution in [0.1, 0.15) is 23.6 Å². The highest BCUT2D eigenvalue weighted by molar-refractivity contribution is 8.01. The number of amides is 1. The van der Waals surface area contributed by atoms with Crippen LogP contribution in [-0.2, 0) is 4.79 Å². The molecular weight excluding hydrogens is 466 g/mol. The van der Waals surface area contributed by atoms with Gasteiger partial charge in [-0.05, 0) is 11.1 Å². The monoisotopic (exact) mass is 495 g/mol. The topological polar surface area (TPSA) is 99.4 Å². The molecule has 2 aromatic carbocycles. The van der Waals surface area contributed by atoms with Crippen LogP contribution in [0.5, 0.6) is 0 Å². The van der Waals surface area contributed by atoms with Crippen molar-refractivity contribution >= 4 is 34.1 Å². The Balaban J connectivity index is 1.21. The minimum absolute atomic E-state index is 0.0771. The van der Waals surface area contributed by atoms with Crippen LogP contribution in [0.4, 0.5) is 5.13 Å². The molecule has 2 saturated heterocycles. The summed E-state index contributed by atoms with van der Waals surface area (Å²) in [6.07, 6.45) is 0.308. The zero-order valence-electron chi connectivity index (χ0n) is 18.8. The lowest BCUT2D eigenvalue weighted by Crippen LogP contribution is -2.67. The molecule has 3 heterocycles. The van der Waals surface area contributed by atoms with Crippen molar-refractivity contribution in [2.24, 2.45) is 0 Å². The highest BCUT2D eigenvalue weighted by atomic mass is 32.2. The van der Waals surface area contributed by atoms with Crippen LogP contribution < -0.4 is 16.4 Å². The van der Waals surface area contributed by atoms with Crippen molar-refractivity contribution in [2.75, 3.05) is 37.7 Å². The van der Waals surface area contributed by atoms with E-state index in [2.05, 4.69) is 91.3 Å². The molecule has 2 unspecified atom stereocenters. The molecule has 178 valence electrons. The Kier molecular flexibility index (Phi) is 7.41. The Morgan fingerprint density at radius 1 is 1.00 bits per heavy atom. The lowest BCUT2D eigenvalue weighted by molar-refractivity contribution is -0.127. The van der Waals surface area contributed by atoms with Gasteiger partial charge < -0.3 is 11.1 Å². The summed E-state index contributed by atoms with van der Waals surface area (Å²) in [6.45, 7) is 3.60. The number of carbonyl (C=O) groups is 1. The molecule has 2 aliphatic rings. The summed E-state index contributed by atoms with van der Waals surface area (Å²) >= 11 is 2.97. The van der Waals surface area contributed by atoms with E-state index in [9.17, 15) is 4.79 Å². The van der Waals surface area contributed by atoms with Crippen molar-refractivity contribution in [1.82, 2.24) is 30.6 Å². The van der Waals surface area contributed by atoms with Gasteiger partial charge in [0.1, 0.15) is 6.29 Å². The van der Waals surface area contributed by atoms with Crippen LogP contribution in [0.15, 0.2) is 65.0 Å². The Bertz CT molecular complexity index is 1030. The molecule has 0 spiro atoms. The standard InChI is InChI=1S/C24H29N7OS2/c25-22-28-29-24(34-22)33-16-19-15-20(32)27-23(26-19)31-13-11-30(12-14-31)21(17-7-3-1-4-8-17)18-9-5-2-6-10-18/h1-10,19,21,23,26H,11-16H2,(H2,25,28)(H,27,32). The van der Waals surface area contributed by atoms with E-state index in [1.54, 1.807) is 11.8 Å². The predicted octanol–water partition coefficient (Wildman–Crippen LogP) is 2.38. The van der Waals surface area contributed by atoms with Crippen LogP contribution in [0.3, 0.4) is 0 Å². The second-order valence-electron chi connectivity index (χ2n) is 8.55. The van der Waals surface area contributed by atoms with Crippen molar-refractivity contribution in [2.45, 2.75) is 29.1 Å². The fourth-order valence-electron chi connectivity index (χ4n) is 4.65. The van der Waals surface area contributed by atoms with Crippen molar-refractivity contribution < 1.29 is 4.79 Å². The number of nitrogen functional groups attached to an aromatic ring is 1. The van der Waals surface area contributed by atoms with E-state index in [1.165, 1.54) is 22.5 Å². The fraction of sp³-hybridized carbons (Fsp3) is 0.375. The maximum absolute atomic E-state index is 12.4. The second kappa shape index (κ2) is 10.8. The third-order valence-corrected chi connectivity index (χ3v) is 8.31. The number of benzene rings is 2. The van der Waals surface area contributed by atoms with Gasteiger partial charge in [0.2, 0.25) is 11.0 Å². The molecule has 2 fully saturated rings. The number of nitrogens with one attached hydrogen (secondary N) is 2. The van der Waals surface area contributed by atoms with Gasteiger partial charge in [0, 0.05) is 44.4 Å². The van der Waals surface area contributed by atoms with Crippen molar-refractivity contribution in [1.29, 1.82) is 0 Å². The van der Waals surface area contributed by atoms with Gasteiger partial charge in [0.15, 0.2) is 4.34 Å². The van der Waals surface area contributed by atoms with Crippen LogP contribution in [0.25, 0.3) is 0 Å². The Morgan fingerprint density at radius 3 is 2.24 bits per heavy atom. The van der Waals surface area contributed by atoms with Crippen molar-refractivity contribution in [3.8, 4) is 0 Å². The number of anilines is 1. The molecule has 3 aromatic rings. The lowest BCUT2D eigenvalue weighted by atomic mass is 9.96. The van der Waals surface area contributed by atoms with Crippen LogP contribution in [-0.4, -0.2) is 70.2 Å². The van der Waals surface area contributed by atoms with E-state index in [0.717, 1.165) is 36.3 Å². The van der Waals surface area contributed by atoms with Gasteiger partial charge in [-0.15, -0.1) is 10.2 Å². The molecule has 2 aliphatic heterocycles. The Hall–Kier alpha value is -2.50. The molecule has 0 radical (unpaired) electrons. The molecule has 1 aromatic heterocycles. The summed E-state index contributed by atoms with van der Waals surface area (Å²) in [6, 6.07) is 21.7. The molecule has 0 saturated carbocycles. The molecule has 2 atom stereocenters. The minimum atomic E-state index is -0.152. The number of aromatic nitrogens is 2. The first kappa shape index (κ1) is 23.3. The van der Waals surface area contributed by atoms with Gasteiger partial charge >= 0.3 is 0 Å². The maximum Gasteiger partial charge on any atom is 0.223 e. The third-order valence-electron chi connectivity index (χ3n) is 6.26. The molecule has 10 heteroatoms. The highest BCUT2D eigenvalue weighted by Gasteiger charge is 2.33. The minimum Gasteiger partial charge on any atom is -0.374 e. The maximum atomic E-state index is 12.4. The van der Waals surface area contributed by atoms with Crippen molar-refractivity contribution in [3.05, 3.63) is 71.8 Å². The first-order valence-electron chi connectivity index (χ1n) is 11.5. The predicted molar refractivity (Wildman–Crippen MR) is 136 cm³/mol. The number of thioether (sulfide) groups is 1. The van der Waals surface area contributed by atoms with Crippen molar-refractivity contribution in [3.63, 3.8) is 0 Å². The summed E-state index contributed by atoms with van der Waals surface area (Å²) in [5.41, 5.74) is 8.29. The number of carbonyl (C=O) groups excluding carboxylic acids is 1. The van der Waals surface area contributed by atoms with E-state index < -0.39 is 0 Å². The summed E-state index contributed by atoms with van der Waals surface area (Å²) < 4.78 is 0.836. The molecule has 0 aliphatic carbocycles. The number of piperazine rings is 1. The van der Waals surface area contributed by atoms with Gasteiger partial charge in [-0.2, -0.15) is 0 Å². The van der Waals surface area contributed by atoms with E-state index in [0.29, 0.717) is 11.6 Å². The summed E-state index contributed by atoms with van der Waals surface area (Å²) in [4.78, 5) is 17.3. The highest BCUT2D eigenvalue weighted by Crippen LogP contribution is 2.30. The fourth-order valence-corrected chi connectivity index (χ4v) is 6.35. The van der Waals surface area contributed by atoms with Gasteiger partial charge in [-0.25, -0.2) is 0 Å². The summed E-state index contributed by atoms with van der Waals surface area (Å²) in [5, 5.41) is 15.1. The Labute approximate surface area is 207 Å². The molecule has 5 rings (SSSR count). The Morgan fingerprint density at radius 2 is 1.65 bits per heavy atom. The van der Waals surface area contributed by atoms with Gasteiger partial charge in [0.05, 0.1) is 6.04 Å². The van der Waals surface area contributed by atoms with Gasteiger partial charge in [-0.3, -0.25) is 19.9 Å². The van der Waals surface area contributed by atoms with E-state index in [1.807, 2.05) is 0 Å². The summed E-state index contributed by atoms with van der Waals surface area (Å²) in [5.74, 6) is 0.836.